The van der Waals surface area contributed by atoms with E-state index < -0.39 is 0 Å². The number of carbonyl (C=O) groups excluding carboxylic acids is 1. The van der Waals surface area contributed by atoms with Crippen LogP contribution in [0.5, 0.6) is 0 Å². The fourth-order valence-corrected chi connectivity index (χ4v) is 2.97. The summed E-state index contributed by atoms with van der Waals surface area (Å²) in [6, 6.07) is 7.83. The van der Waals surface area contributed by atoms with Crippen molar-refractivity contribution in [2.75, 3.05) is 39.9 Å². The molecule has 0 spiro atoms. The van der Waals surface area contributed by atoms with Crippen LogP contribution >= 0.6 is 24.0 Å². The fourth-order valence-electron chi connectivity index (χ4n) is 2.97. The summed E-state index contributed by atoms with van der Waals surface area (Å²) in [6.07, 6.45) is 4.40. The molecule has 0 saturated carbocycles. The Morgan fingerprint density at radius 3 is 2.48 bits per heavy atom. The van der Waals surface area contributed by atoms with Crippen LogP contribution in [-0.2, 0) is 11.3 Å². The number of halogens is 1. The highest BCUT2D eigenvalue weighted by Crippen LogP contribution is 2.14. The molecule has 1 saturated heterocycles. The molecule has 27 heavy (non-hydrogen) atoms. The smallest absolute Gasteiger partial charge is 0.253 e. The molecule has 2 rings (SSSR count). The van der Waals surface area contributed by atoms with E-state index in [-0.39, 0.29) is 29.9 Å². The number of rotatable bonds is 8. The molecule has 1 aliphatic rings. The molecule has 1 aromatic rings. The van der Waals surface area contributed by atoms with E-state index in [0.717, 1.165) is 69.1 Å². The Balaban J connectivity index is 0.00000364. The third-order valence-corrected chi connectivity index (χ3v) is 4.43. The van der Waals surface area contributed by atoms with Crippen LogP contribution in [0.4, 0.5) is 0 Å². The van der Waals surface area contributed by atoms with Gasteiger partial charge in [-0.3, -0.25) is 4.79 Å². The van der Waals surface area contributed by atoms with Gasteiger partial charge in [-0.15, -0.1) is 24.0 Å². The molecular formula is C20H33IN4O2. The van der Waals surface area contributed by atoms with E-state index in [2.05, 4.69) is 15.6 Å². The van der Waals surface area contributed by atoms with Crippen LogP contribution in [0.3, 0.4) is 0 Å². The number of nitrogens with zero attached hydrogens (tertiary/aromatic N) is 2. The van der Waals surface area contributed by atoms with E-state index in [9.17, 15) is 4.79 Å². The Labute approximate surface area is 180 Å². The summed E-state index contributed by atoms with van der Waals surface area (Å²) < 4.78 is 5.06. The minimum absolute atomic E-state index is 0. The van der Waals surface area contributed by atoms with E-state index >= 15 is 0 Å². The van der Waals surface area contributed by atoms with Crippen LogP contribution in [0.25, 0.3) is 0 Å². The quantitative estimate of drug-likeness (QED) is 0.256. The molecule has 2 N–H and O–H groups in total. The molecule has 1 amide bonds. The number of nitrogens with one attached hydrogen (secondary N) is 2. The summed E-state index contributed by atoms with van der Waals surface area (Å²) in [7, 11) is 1.71. The fraction of sp³-hybridized carbons (Fsp3) is 0.600. The molecule has 0 radical (unpaired) electrons. The van der Waals surface area contributed by atoms with Crippen molar-refractivity contribution in [3.63, 3.8) is 0 Å². The van der Waals surface area contributed by atoms with E-state index in [0.29, 0.717) is 6.54 Å². The first kappa shape index (κ1) is 23.7. The van der Waals surface area contributed by atoms with Gasteiger partial charge in [0.1, 0.15) is 0 Å². The summed E-state index contributed by atoms with van der Waals surface area (Å²) in [4.78, 5) is 19.1. The number of hydrogen-bond donors (Lipinski definition) is 2. The van der Waals surface area contributed by atoms with E-state index in [4.69, 9.17) is 4.74 Å². The number of ether oxygens (including phenoxy) is 1. The average molecular weight is 488 g/mol. The topological polar surface area (TPSA) is 66.0 Å². The molecule has 1 aromatic carbocycles. The van der Waals surface area contributed by atoms with Crippen molar-refractivity contribution in [1.82, 2.24) is 15.5 Å². The normalized spacial score (nSPS) is 14.4. The second kappa shape index (κ2) is 13.8. The van der Waals surface area contributed by atoms with Gasteiger partial charge in [-0.25, -0.2) is 4.99 Å². The third-order valence-electron chi connectivity index (χ3n) is 4.43. The average Bonchev–Trinajstić information content (AvgIpc) is 2.70. The van der Waals surface area contributed by atoms with Crippen molar-refractivity contribution in [3.8, 4) is 0 Å². The van der Waals surface area contributed by atoms with Gasteiger partial charge >= 0.3 is 0 Å². The maximum atomic E-state index is 12.5. The highest BCUT2D eigenvalue weighted by Gasteiger charge is 2.17. The zero-order valence-electron chi connectivity index (χ0n) is 16.5. The summed E-state index contributed by atoms with van der Waals surface area (Å²) in [5.74, 6) is 0.949. The maximum Gasteiger partial charge on any atom is 0.253 e. The summed E-state index contributed by atoms with van der Waals surface area (Å²) >= 11 is 0. The Morgan fingerprint density at radius 2 is 1.85 bits per heavy atom. The summed E-state index contributed by atoms with van der Waals surface area (Å²) in [5.41, 5.74) is 1.86. The highest BCUT2D eigenvalue weighted by atomic mass is 127. The lowest BCUT2D eigenvalue weighted by Gasteiger charge is -2.26. The SMILES string of the molecule is CCNC(=NCc1ccc(C(=O)N2CCCCC2)cc1)NCCCOC.I. The molecule has 0 atom stereocenters. The molecule has 0 bridgehead atoms. The number of amides is 1. The van der Waals surface area contributed by atoms with Gasteiger partial charge in [-0.1, -0.05) is 12.1 Å². The van der Waals surface area contributed by atoms with Crippen LogP contribution in [0.2, 0.25) is 0 Å². The molecule has 1 aliphatic heterocycles. The number of carbonyl (C=O) groups is 1. The molecule has 1 fully saturated rings. The monoisotopic (exact) mass is 488 g/mol. The van der Waals surface area contributed by atoms with Gasteiger partial charge in [-0.05, 0) is 50.3 Å². The van der Waals surface area contributed by atoms with Crippen LogP contribution in [-0.4, -0.2) is 56.7 Å². The highest BCUT2D eigenvalue weighted by molar-refractivity contribution is 14.0. The molecule has 6 nitrogen and oxygen atoms in total. The van der Waals surface area contributed by atoms with Crippen LogP contribution in [0.15, 0.2) is 29.3 Å². The number of methoxy groups -OCH3 is 1. The lowest BCUT2D eigenvalue weighted by atomic mass is 10.1. The van der Waals surface area contributed by atoms with Crippen molar-refractivity contribution >= 4 is 35.8 Å². The first-order valence-corrected chi connectivity index (χ1v) is 9.64. The lowest BCUT2D eigenvalue weighted by Crippen LogP contribution is -2.38. The number of aliphatic imine (C=N–C) groups is 1. The van der Waals surface area contributed by atoms with Crippen LogP contribution in [0.1, 0.15) is 48.5 Å². The van der Waals surface area contributed by atoms with Gasteiger partial charge < -0.3 is 20.3 Å². The summed E-state index contributed by atoms with van der Waals surface area (Å²) in [5, 5.41) is 6.54. The number of likely N-dealkylation sites (tertiary alicyclic amines) is 1. The molecule has 0 aromatic heterocycles. The largest absolute Gasteiger partial charge is 0.385 e. The lowest BCUT2D eigenvalue weighted by molar-refractivity contribution is 0.0724. The second-order valence-electron chi connectivity index (χ2n) is 6.52. The third kappa shape index (κ3) is 8.47. The molecule has 1 heterocycles. The van der Waals surface area contributed by atoms with E-state index in [1.54, 1.807) is 7.11 Å². The first-order valence-electron chi connectivity index (χ1n) is 9.64. The number of piperidine rings is 1. The predicted molar refractivity (Wildman–Crippen MR) is 121 cm³/mol. The minimum Gasteiger partial charge on any atom is -0.385 e. The molecule has 7 heteroatoms. The maximum absolute atomic E-state index is 12.5. The minimum atomic E-state index is 0. The predicted octanol–water partition coefficient (Wildman–Crippen LogP) is 3.02. The van der Waals surface area contributed by atoms with Crippen LogP contribution < -0.4 is 10.6 Å². The number of benzene rings is 1. The Kier molecular flexibility index (Phi) is 12.1. The van der Waals surface area contributed by atoms with Crippen molar-refractivity contribution < 1.29 is 9.53 Å². The van der Waals surface area contributed by atoms with Gasteiger partial charge in [0.2, 0.25) is 0 Å². The summed E-state index contributed by atoms with van der Waals surface area (Å²) in [6.45, 7) is 6.77. The first-order chi connectivity index (χ1) is 12.7. The Morgan fingerprint density at radius 1 is 1.15 bits per heavy atom. The van der Waals surface area contributed by atoms with Gasteiger partial charge in [0, 0.05) is 45.5 Å². The van der Waals surface area contributed by atoms with E-state index in [1.165, 1.54) is 6.42 Å². The molecule has 0 aliphatic carbocycles. The zero-order chi connectivity index (χ0) is 18.6. The van der Waals surface area contributed by atoms with Gasteiger partial charge in [0.15, 0.2) is 5.96 Å². The Bertz CT molecular complexity index is 572. The second-order valence-corrected chi connectivity index (χ2v) is 6.52. The van der Waals surface area contributed by atoms with Crippen molar-refractivity contribution in [2.24, 2.45) is 4.99 Å². The van der Waals surface area contributed by atoms with Gasteiger partial charge in [0.05, 0.1) is 6.54 Å². The molecule has 152 valence electrons. The standard InChI is InChI=1S/C20H32N4O2.HI/c1-3-21-20(22-12-7-15-26-2)23-16-17-8-10-18(11-9-17)19(25)24-13-5-4-6-14-24;/h8-11H,3-7,12-16H2,1-2H3,(H2,21,22,23);1H. The molecular weight excluding hydrogens is 455 g/mol. The van der Waals surface area contributed by atoms with Gasteiger partial charge in [-0.2, -0.15) is 0 Å². The number of guanidine groups is 1. The van der Waals surface area contributed by atoms with Crippen molar-refractivity contribution in [1.29, 1.82) is 0 Å². The number of hydrogen-bond acceptors (Lipinski definition) is 3. The molecule has 0 unspecified atom stereocenters. The zero-order valence-corrected chi connectivity index (χ0v) is 18.8. The van der Waals surface area contributed by atoms with E-state index in [1.807, 2.05) is 36.1 Å². The van der Waals surface area contributed by atoms with Gasteiger partial charge in [0.25, 0.3) is 5.91 Å². The van der Waals surface area contributed by atoms with Crippen molar-refractivity contribution in [2.45, 2.75) is 39.2 Å². The Hall–Kier alpha value is -1.35. The van der Waals surface area contributed by atoms with Crippen molar-refractivity contribution in [3.05, 3.63) is 35.4 Å². The van der Waals surface area contributed by atoms with Crippen LogP contribution in [0, 0.1) is 0 Å².